The highest BCUT2D eigenvalue weighted by molar-refractivity contribution is 5.73. The van der Waals surface area contributed by atoms with Crippen LogP contribution in [0.2, 0.25) is 0 Å². The summed E-state index contributed by atoms with van der Waals surface area (Å²) in [7, 11) is 0. The van der Waals surface area contributed by atoms with Gasteiger partial charge in [-0.3, -0.25) is 4.79 Å². The molecule has 0 aliphatic heterocycles. The number of carboxylic acids is 1. The molecule has 4 bridgehead atoms. The van der Waals surface area contributed by atoms with Crippen LogP contribution in [0.1, 0.15) is 126 Å². The Morgan fingerprint density at radius 3 is 2.40 bits per heavy atom. The normalized spacial score (nSPS) is 29.5. The minimum Gasteiger partial charge on any atom is -0.508 e. The summed E-state index contributed by atoms with van der Waals surface area (Å²) in [6, 6.07) is 17.3. The molecule has 0 unspecified atom stereocenters. The predicted octanol–water partition coefficient (Wildman–Crippen LogP) is 10.2. The second-order valence-corrected chi connectivity index (χ2v) is 14.4. The van der Waals surface area contributed by atoms with Gasteiger partial charge in [0.05, 0.1) is 5.92 Å². The van der Waals surface area contributed by atoms with Crippen molar-refractivity contribution in [1.82, 2.24) is 0 Å². The van der Waals surface area contributed by atoms with Crippen molar-refractivity contribution >= 4 is 5.97 Å². The molecule has 2 aromatic carbocycles. The number of carbonyl (C=O) groups is 1. The maximum absolute atomic E-state index is 12.9. The van der Waals surface area contributed by atoms with E-state index in [0.717, 1.165) is 57.3 Å². The van der Waals surface area contributed by atoms with E-state index < -0.39 is 5.97 Å². The number of allylic oxidation sites excluding steroid dienone is 4. The van der Waals surface area contributed by atoms with Crippen molar-refractivity contribution in [2.45, 2.75) is 126 Å². The van der Waals surface area contributed by atoms with Crippen molar-refractivity contribution in [1.29, 1.82) is 0 Å². The highest BCUT2D eigenvalue weighted by atomic mass is 16.4. The zero-order valence-corrected chi connectivity index (χ0v) is 26.1. The van der Waals surface area contributed by atoms with Gasteiger partial charge in [0.1, 0.15) is 5.75 Å². The molecule has 0 heterocycles. The van der Waals surface area contributed by atoms with E-state index in [4.69, 9.17) is 0 Å². The third-order valence-electron chi connectivity index (χ3n) is 12.0. The van der Waals surface area contributed by atoms with Crippen LogP contribution in [0.3, 0.4) is 0 Å². The van der Waals surface area contributed by atoms with Crippen LogP contribution in [0.25, 0.3) is 0 Å². The van der Waals surface area contributed by atoms with E-state index in [1.165, 1.54) is 80.1 Å². The van der Waals surface area contributed by atoms with Crippen LogP contribution in [0.15, 0.2) is 72.3 Å². The number of aliphatic carboxylic acids is 1. The van der Waals surface area contributed by atoms with Gasteiger partial charge in [-0.2, -0.15) is 0 Å². The highest BCUT2D eigenvalue weighted by Gasteiger charge is 2.47. The molecule has 230 valence electrons. The summed E-state index contributed by atoms with van der Waals surface area (Å²) < 4.78 is 0. The molecule has 1 spiro atoms. The largest absolute Gasteiger partial charge is 0.508 e. The molecule has 3 nitrogen and oxygen atoms in total. The fourth-order valence-electron chi connectivity index (χ4n) is 9.58. The Bertz CT molecular complexity index is 1300. The van der Waals surface area contributed by atoms with Gasteiger partial charge in [0, 0.05) is 10.8 Å². The Hall–Kier alpha value is -2.81. The quantitative estimate of drug-likeness (QED) is 0.229. The van der Waals surface area contributed by atoms with Crippen LogP contribution in [0.5, 0.6) is 5.75 Å². The number of carboxylic acid groups (broad SMARTS) is 1. The van der Waals surface area contributed by atoms with E-state index >= 15 is 0 Å². The molecule has 5 aliphatic carbocycles. The summed E-state index contributed by atoms with van der Waals surface area (Å²) in [5.41, 5.74) is 5.18. The molecule has 2 N–H and O–H groups in total. The van der Waals surface area contributed by atoms with Crippen LogP contribution < -0.4 is 0 Å². The van der Waals surface area contributed by atoms with Crippen molar-refractivity contribution in [3.05, 3.63) is 89.0 Å². The van der Waals surface area contributed by atoms with E-state index in [9.17, 15) is 15.0 Å². The van der Waals surface area contributed by atoms with Crippen molar-refractivity contribution in [2.75, 3.05) is 0 Å². The zero-order chi connectivity index (χ0) is 29.7. The number of unbranched alkanes of at least 4 members (excludes halogenated alkanes) is 3. The first kappa shape index (κ1) is 30.2. The molecule has 7 rings (SSSR count). The average Bonchev–Trinajstić information content (AvgIpc) is 3.54. The minimum atomic E-state index is -0.625. The van der Waals surface area contributed by atoms with Crippen LogP contribution >= 0.6 is 0 Å². The van der Waals surface area contributed by atoms with Gasteiger partial charge in [0.25, 0.3) is 0 Å². The van der Waals surface area contributed by atoms with E-state index in [1.54, 1.807) is 0 Å². The number of benzene rings is 2. The predicted molar refractivity (Wildman–Crippen MR) is 175 cm³/mol. The lowest BCUT2D eigenvalue weighted by Gasteiger charge is -2.48. The maximum Gasteiger partial charge on any atom is 0.307 e. The van der Waals surface area contributed by atoms with Gasteiger partial charge in [-0.15, -0.1) is 0 Å². The maximum atomic E-state index is 12.9. The topological polar surface area (TPSA) is 57.5 Å². The van der Waals surface area contributed by atoms with Gasteiger partial charge in [0.15, 0.2) is 0 Å². The number of phenols is 1. The molecule has 0 saturated heterocycles. The molecule has 4 atom stereocenters. The molecule has 2 fully saturated rings. The van der Waals surface area contributed by atoms with Crippen molar-refractivity contribution in [2.24, 2.45) is 17.8 Å². The first-order chi connectivity index (χ1) is 21.0. The summed E-state index contributed by atoms with van der Waals surface area (Å²) >= 11 is 0. The number of hydrogen-bond donors (Lipinski definition) is 2. The second kappa shape index (κ2) is 13.4. The van der Waals surface area contributed by atoms with Crippen LogP contribution in [0, 0.1) is 17.8 Å². The Kier molecular flexibility index (Phi) is 9.45. The van der Waals surface area contributed by atoms with Gasteiger partial charge in [0.2, 0.25) is 0 Å². The lowest BCUT2D eigenvalue weighted by atomic mass is 9.56. The molecular formula is C40H52O3. The summed E-state index contributed by atoms with van der Waals surface area (Å²) in [6.07, 6.45) is 27.6. The van der Waals surface area contributed by atoms with Crippen LogP contribution in [0.4, 0.5) is 0 Å². The Labute approximate surface area is 259 Å². The minimum absolute atomic E-state index is 0.0173. The van der Waals surface area contributed by atoms with Crippen LogP contribution in [-0.4, -0.2) is 16.2 Å². The van der Waals surface area contributed by atoms with Crippen molar-refractivity contribution in [3.8, 4) is 5.75 Å². The first-order valence-electron chi connectivity index (χ1n) is 17.4. The first-order valence-corrected chi connectivity index (χ1v) is 17.4. The van der Waals surface area contributed by atoms with Gasteiger partial charge in [-0.1, -0.05) is 105 Å². The molecule has 0 aromatic heterocycles. The van der Waals surface area contributed by atoms with Crippen molar-refractivity contribution in [3.63, 3.8) is 0 Å². The van der Waals surface area contributed by atoms with E-state index in [0.29, 0.717) is 18.1 Å². The molecule has 0 radical (unpaired) electrons. The highest BCUT2D eigenvalue weighted by Crippen LogP contribution is 2.53. The fraction of sp³-hybridized carbons (Fsp3) is 0.575. The Morgan fingerprint density at radius 2 is 1.65 bits per heavy atom. The number of rotatable bonds is 9. The van der Waals surface area contributed by atoms with E-state index in [1.807, 2.05) is 12.1 Å². The van der Waals surface area contributed by atoms with Gasteiger partial charge < -0.3 is 10.2 Å². The number of phenolic OH excluding ortho intramolecular Hbond substituents is 1. The summed E-state index contributed by atoms with van der Waals surface area (Å²) in [5.74, 6) is 0.654. The van der Waals surface area contributed by atoms with Crippen LogP contribution in [-0.2, 0) is 22.0 Å². The molecule has 2 aromatic rings. The lowest BCUT2D eigenvalue weighted by Crippen LogP contribution is -2.43. The summed E-state index contributed by atoms with van der Waals surface area (Å²) in [4.78, 5) is 12.9. The molecule has 0 amide bonds. The molecule has 43 heavy (non-hydrogen) atoms. The van der Waals surface area contributed by atoms with Crippen molar-refractivity contribution < 1.29 is 15.0 Å². The smallest absolute Gasteiger partial charge is 0.307 e. The van der Waals surface area contributed by atoms with Gasteiger partial charge >= 0.3 is 5.97 Å². The monoisotopic (exact) mass is 580 g/mol. The average molecular weight is 581 g/mol. The Morgan fingerprint density at radius 1 is 0.860 bits per heavy atom. The lowest BCUT2D eigenvalue weighted by molar-refractivity contribution is -0.145. The van der Waals surface area contributed by atoms with E-state index in [2.05, 4.69) is 54.6 Å². The van der Waals surface area contributed by atoms with Gasteiger partial charge in [-0.05, 0) is 111 Å². The third-order valence-corrected chi connectivity index (χ3v) is 12.0. The zero-order valence-electron chi connectivity index (χ0n) is 26.1. The fourth-order valence-corrected chi connectivity index (χ4v) is 9.58. The number of fused-ring (bicyclic) bond motifs is 4. The number of aromatic hydroxyl groups is 1. The van der Waals surface area contributed by atoms with E-state index in [-0.39, 0.29) is 16.7 Å². The second-order valence-electron chi connectivity index (χ2n) is 14.4. The molecule has 3 heteroatoms. The third kappa shape index (κ3) is 6.52. The molecule has 5 aliphatic rings. The Balaban J connectivity index is 1.32. The SMILES string of the molecule is O=C(O)[C@@H]1C/C=C2/CC[C@@](c3ccc(O)cc3)(Cc3cccc(c3)C13CCCCC3)[C@H](CCCCCC[C@@H]1C=CCC1)C2. The van der Waals surface area contributed by atoms with Gasteiger partial charge in [-0.25, -0.2) is 0 Å². The molecular weight excluding hydrogens is 528 g/mol. The number of hydrogen-bond acceptors (Lipinski definition) is 2. The molecule has 2 saturated carbocycles. The summed E-state index contributed by atoms with van der Waals surface area (Å²) in [5, 5.41) is 20.8. The standard InChI is InChI=1S/C40H52O3/c41-36-20-18-33(19-21-36)40-26-23-31(27-35(40)15-5-2-1-4-11-30-12-6-7-13-30)17-22-37(38(42)43)39(24-8-3-9-25-39)34-16-10-14-32(28-34)29-40/h6,10,12,14,16-21,28,30,35,37,41H,1-5,7-9,11,13,15,22-27,29H2,(H,42,43)/b31-17-/t30-,35-,37+,40+/m1/s1. The summed E-state index contributed by atoms with van der Waals surface area (Å²) in [6.45, 7) is 0.